The van der Waals surface area contributed by atoms with Crippen LogP contribution in [0.15, 0.2) is 59.6 Å². The zero-order chi connectivity index (χ0) is 26.0. The number of aromatic amines is 1. The molecule has 0 spiro atoms. The second-order valence-electron chi connectivity index (χ2n) is 7.87. The molecule has 2 amide bonds. The third kappa shape index (κ3) is 5.43. The second kappa shape index (κ2) is 9.90. The largest absolute Gasteiger partial charge is 0.338 e. The van der Waals surface area contributed by atoms with Crippen molar-refractivity contribution in [3.63, 3.8) is 0 Å². The Morgan fingerprint density at radius 1 is 1.08 bits per heavy atom. The number of sulfone groups is 1. The van der Waals surface area contributed by atoms with Crippen LogP contribution in [0.5, 0.6) is 0 Å². The maximum Gasteiger partial charge on any atom is 0.267 e. The normalized spacial score (nSPS) is 11.7. The van der Waals surface area contributed by atoms with Gasteiger partial charge in [-0.3, -0.25) is 14.8 Å². The summed E-state index contributed by atoms with van der Waals surface area (Å²) >= 11 is 6.41. The molecule has 184 valence electrons. The molecule has 0 bridgehead atoms. The number of nitrogens with one attached hydrogen (secondary N) is 3. The molecule has 0 saturated carbocycles. The molecule has 12 heteroatoms. The van der Waals surface area contributed by atoms with Gasteiger partial charge in [0.2, 0.25) is 0 Å². The van der Waals surface area contributed by atoms with Crippen LogP contribution in [0.25, 0.3) is 28.5 Å². The number of H-pyrrole nitrogens is 1. The number of hydroxylamine groups is 1. The lowest BCUT2D eigenvalue weighted by Gasteiger charge is -2.10. The van der Waals surface area contributed by atoms with Gasteiger partial charge in [0.25, 0.3) is 11.8 Å². The number of anilines is 1. The van der Waals surface area contributed by atoms with Gasteiger partial charge in [0.05, 0.1) is 27.3 Å². The number of benzene rings is 2. The Bertz CT molecular complexity index is 1650. The van der Waals surface area contributed by atoms with Crippen LogP contribution >= 0.6 is 11.6 Å². The molecule has 4 N–H and O–H groups in total. The molecule has 0 unspecified atom stereocenters. The highest BCUT2D eigenvalue weighted by Crippen LogP contribution is 2.31. The van der Waals surface area contributed by atoms with E-state index in [1.807, 2.05) is 0 Å². The number of fused-ring (bicyclic) bond motifs is 1. The van der Waals surface area contributed by atoms with Gasteiger partial charge in [0.1, 0.15) is 5.82 Å². The van der Waals surface area contributed by atoms with E-state index in [0.29, 0.717) is 33.2 Å². The predicted octanol–water partition coefficient (Wildman–Crippen LogP) is 3.76. The average molecular weight is 526 g/mol. The molecule has 0 atom stereocenters. The Kier molecular flexibility index (Phi) is 6.88. The summed E-state index contributed by atoms with van der Waals surface area (Å²) in [6, 6.07) is 12.9. The smallest absolute Gasteiger partial charge is 0.267 e. The Labute approximate surface area is 210 Å². The molecule has 0 aliphatic heterocycles. The molecule has 0 radical (unpaired) electrons. The fourth-order valence-corrected chi connectivity index (χ4v) is 4.26. The van der Waals surface area contributed by atoms with Crippen molar-refractivity contribution in [3.8, 4) is 11.4 Å². The molecule has 0 saturated heterocycles. The summed E-state index contributed by atoms with van der Waals surface area (Å²) in [4.78, 5) is 35.8. The minimum atomic E-state index is -3.49. The van der Waals surface area contributed by atoms with E-state index in [0.717, 1.165) is 11.8 Å². The number of hydrogen-bond donors (Lipinski definition) is 4. The van der Waals surface area contributed by atoms with Gasteiger partial charge >= 0.3 is 0 Å². The Hall–Kier alpha value is -4.06. The van der Waals surface area contributed by atoms with E-state index in [2.05, 4.69) is 20.3 Å². The van der Waals surface area contributed by atoms with E-state index < -0.39 is 21.7 Å². The third-order valence-electron chi connectivity index (χ3n) is 5.21. The maximum absolute atomic E-state index is 12.8. The van der Waals surface area contributed by atoms with Gasteiger partial charge in [0.15, 0.2) is 14.9 Å². The lowest BCUT2D eigenvalue weighted by molar-refractivity contribution is -0.124. The molecule has 10 nitrogen and oxygen atoms in total. The summed E-state index contributed by atoms with van der Waals surface area (Å²) in [6.45, 7) is 1.56. The number of carbonyl (C=O) groups is 2. The summed E-state index contributed by atoms with van der Waals surface area (Å²) in [5.41, 5.74) is 5.08. The molecule has 0 fully saturated rings. The van der Waals surface area contributed by atoms with Gasteiger partial charge < -0.3 is 10.3 Å². The van der Waals surface area contributed by atoms with E-state index in [-0.39, 0.29) is 16.3 Å². The summed E-state index contributed by atoms with van der Waals surface area (Å²) in [7, 11) is -3.49. The fraction of sp³-hybridized carbons (Fsp3) is 0.0833. The highest BCUT2D eigenvalue weighted by atomic mass is 35.5. The van der Waals surface area contributed by atoms with Crippen LogP contribution in [-0.2, 0) is 14.6 Å². The van der Waals surface area contributed by atoms with Crippen LogP contribution in [-0.4, -0.2) is 46.6 Å². The van der Waals surface area contributed by atoms with Crippen molar-refractivity contribution < 1.29 is 23.2 Å². The highest BCUT2D eigenvalue weighted by molar-refractivity contribution is 7.90. The van der Waals surface area contributed by atoms with Crippen molar-refractivity contribution in [1.82, 2.24) is 20.4 Å². The summed E-state index contributed by atoms with van der Waals surface area (Å²) in [6.07, 6.45) is 3.76. The Balaban J connectivity index is 1.61. The number of aromatic nitrogens is 3. The van der Waals surface area contributed by atoms with Gasteiger partial charge in [0, 0.05) is 23.6 Å². The van der Waals surface area contributed by atoms with E-state index in [1.54, 1.807) is 43.3 Å². The van der Waals surface area contributed by atoms with E-state index in [9.17, 15) is 18.0 Å². The van der Waals surface area contributed by atoms with E-state index in [1.165, 1.54) is 29.8 Å². The zero-order valence-electron chi connectivity index (χ0n) is 19.0. The summed E-state index contributed by atoms with van der Waals surface area (Å²) < 4.78 is 23.4. The fourth-order valence-electron chi connectivity index (χ4n) is 3.43. The zero-order valence-corrected chi connectivity index (χ0v) is 20.6. The summed E-state index contributed by atoms with van der Waals surface area (Å²) in [5.74, 6) is -0.641. The van der Waals surface area contributed by atoms with Crippen molar-refractivity contribution in [3.05, 3.63) is 76.5 Å². The lowest BCUT2D eigenvalue weighted by Crippen LogP contribution is -2.15. The quantitative estimate of drug-likeness (QED) is 0.170. The number of carbonyl (C=O) groups excluding carboxylic acids is 2. The standard InChI is InChI=1S/C24H20ClN5O5S/c1-13-16(6-10-22(26-13)36(2,34)35)24(32)27-15-5-7-18(25)17(12-15)23-28-19-8-3-14(11-20(19)29-23)4-9-21(31)30-33/h3-12,33H,1-2H3,(H,27,32)(H,28,29)(H,30,31)/b9-4+. The van der Waals surface area contributed by atoms with Crippen molar-refractivity contribution in [1.29, 1.82) is 0 Å². The lowest BCUT2D eigenvalue weighted by atomic mass is 10.1. The molecule has 36 heavy (non-hydrogen) atoms. The van der Waals surface area contributed by atoms with Crippen molar-refractivity contribution in [2.45, 2.75) is 11.9 Å². The van der Waals surface area contributed by atoms with Crippen LogP contribution in [0.1, 0.15) is 21.6 Å². The molecule has 4 rings (SSSR count). The number of nitrogens with zero attached hydrogens (tertiary/aromatic N) is 2. The minimum absolute atomic E-state index is 0.106. The number of hydrogen-bond acceptors (Lipinski definition) is 7. The van der Waals surface area contributed by atoms with Crippen LogP contribution in [0, 0.1) is 6.92 Å². The number of halogens is 1. The molecule has 4 aromatic rings. The first-order valence-corrected chi connectivity index (χ1v) is 12.7. The van der Waals surface area contributed by atoms with Gasteiger partial charge in [-0.25, -0.2) is 23.9 Å². The van der Waals surface area contributed by atoms with Gasteiger partial charge in [-0.05, 0) is 61.0 Å². The number of imidazole rings is 1. The van der Waals surface area contributed by atoms with Crippen molar-refractivity contribution in [2.24, 2.45) is 0 Å². The molecular weight excluding hydrogens is 506 g/mol. The maximum atomic E-state index is 12.8. The van der Waals surface area contributed by atoms with Gasteiger partial charge in [-0.15, -0.1) is 0 Å². The Morgan fingerprint density at radius 2 is 1.86 bits per heavy atom. The SMILES string of the molecule is Cc1nc(S(C)(=O)=O)ccc1C(=O)Nc1ccc(Cl)c(-c2nc3cc(/C=C/C(=O)NO)ccc3[nH]2)c1. The number of rotatable bonds is 6. The summed E-state index contributed by atoms with van der Waals surface area (Å²) in [5, 5.41) is 11.7. The first-order chi connectivity index (χ1) is 17.0. The monoisotopic (exact) mass is 525 g/mol. The average Bonchev–Trinajstić information content (AvgIpc) is 3.26. The van der Waals surface area contributed by atoms with Crippen molar-refractivity contribution >= 4 is 56.0 Å². The van der Waals surface area contributed by atoms with E-state index >= 15 is 0 Å². The number of amides is 2. The van der Waals surface area contributed by atoms with Crippen LogP contribution in [0.4, 0.5) is 5.69 Å². The van der Waals surface area contributed by atoms with Gasteiger partial charge in [-0.1, -0.05) is 17.7 Å². The predicted molar refractivity (Wildman–Crippen MR) is 136 cm³/mol. The molecular formula is C24H20ClN5O5S. The van der Waals surface area contributed by atoms with E-state index in [4.69, 9.17) is 16.8 Å². The second-order valence-corrected chi connectivity index (χ2v) is 10.2. The third-order valence-corrected chi connectivity index (χ3v) is 6.53. The van der Waals surface area contributed by atoms with Crippen molar-refractivity contribution in [2.75, 3.05) is 11.6 Å². The molecule has 0 aliphatic rings. The van der Waals surface area contributed by atoms with Gasteiger partial charge in [-0.2, -0.15) is 0 Å². The molecule has 2 aromatic heterocycles. The Morgan fingerprint density at radius 3 is 2.56 bits per heavy atom. The number of pyridine rings is 1. The van der Waals surface area contributed by atoms with Crippen LogP contribution in [0.2, 0.25) is 5.02 Å². The first-order valence-electron chi connectivity index (χ1n) is 10.5. The van der Waals surface area contributed by atoms with Crippen LogP contribution in [0.3, 0.4) is 0 Å². The topological polar surface area (TPSA) is 154 Å². The first kappa shape index (κ1) is 25.0. The van der Waals surface area contributed by atoms with Crippen LogP contribution < -0.4 is 10.8 Å². The highest BCUT2D eigenvalue weighted by Gasteiger charge is 2.17. The number of aryl methyl sites for hydroxylation is 1. The molecule has 2 heterocycles. The minimum Gasteiger partial charge on any atom is -0.338 e. The molecule has 0 aliphatic carbocycles. The molecule has 2 aromatic carbocycles.